The van der Waals surface area contributed by atoms with Gasteiger partial charge in [0, 0.05) is 65.6 Å². The SMILES string of the molecule is CC(=O)Nc1ccc(C2=CC=NC(Nc3ccc(N4CCN(c5ccccc5)CC4)cc3)=I2)cc1. The van der Waals surface area contributed by atoms with E-state index in [0.29, 0.717) is 0 Å². The van der Waals surface area contributed by atoms with Crippen LogP contribution in [0, 0.1) is 0 Å². The maximum absolute atomic E-state index is 11.2. The van der Waals surface area contributed by atoms with Gasteiger partial charge < -0.3 is 20.4 Å². The summed E-state index contributed by atoms with van der Waals surface area (Å²) in [5.74, 6) is -0.0607. The first-order valence-electron chi connectivity index (χ1n) is 11.7. The van der Waals surface area contributed by atoms with Crippen LogP contribution in [0.3, 0.4) is 0 Å². The van der Waals surface area contributed by atoms with Crippen molar-refractivity contribution in [2.75, 3.05) is 46.6 Å². The number of amides is 1. The second-order valence-corrected chi connectivity index (χ2v) is 11.1. The maximum atomic E-state index is 11.2. The molecule has 1 saturated heterocycles. The van der Waals surface area contributed by atoms with E-state index in [9.17, 15) is 4.79 Å². The highest BCUT2D eigenvalue weighted by molar-refractivity contribution is 14.2. The van der Waals surface area contributed by atoms with Gasteiger partial charge in [-0.15, -0.1) is 0 Å². The number of para-hydroxylation sites is 1. The van der Waals surface area contributed by atoms with Crippen LogP contribution in [0.2, 0.25) is 0 Å². The summed E-state index contributed by atoms with van der Waals surface area (Å²) in [5.41, 5.74) is 5.61. The second-order valence-electron chi connectivity index (χ2n) is 8.42. The van der Waals surface area contributed by atoms with E-state index in [4.69, 9.17) is 0 Å². The van der Waals surface area contributed by atoms with Crippen LogP contribution in [0.4, 0.5) is 22.7 Å². The van der Waals surface area contributed by atoms with Crippen molar-refractivity contribution >= 4 is 62.9 Å². The fourth-order valence-electron chi connectivity index (χ4n) is 4.18. The zero-order valence-electron chi connectivity index (χ0n) is 19.6. The molecule has 1 fully saturated rings. The third-order valence-corrected chi connectivity index (χ3v) is 8.58. The molecule has 2 aliphatic heterocycles. The van der Waals surface area contributed by atoms with Crippen LogP contribution in [0.5, 0.6) is 0 Å². The van der Waals surface area contributed by atoms with Crippen molar-refractivity contribution in [1.29, 1.82) is 0 Å². The van der Waals surface area contributed by atoms with Crippen molar-refractivity contribution in [2.45, 2.75) is 6.92 Å². The zero-order chi connectivity index (χ0) is 24.0. The van der Waals surface area contributed by atoms with Crippen LogP contribution >= 0.6 is 20.7 Å². The van der Waals surface area contributed by atoms with Gasteiger partial charge in [-0.3, -0.25) is 4.79 Å². The maximum Gasteiger partial charge on any atom is 0.221 e. The number of halogens is 1. The highest BCUT2D eigenvalue weighted by atomic mass is 127. The molecule has 7 heteroatoms. The molecule has 5 rings (SSSR count). The van der Waals surface area contributed by atoms with Crippen molar-refractivity contribution in [3.05, 3.63) is 90.5 Å². The lowest BCUT2D eigenvalue weighted by molar-refractivity contribution is -0.114. The van der Waals surface area contributed by atoms with Crippen molar-refractivity contribution in [3.8, 4) is 0 Å². The zero-order valence-corrected chi connectivity index (χ0v) is 21.8. The average molecular weight is 577 g/mol. The highest BCUT2D eigenvalue weighted by Crippen LogP contribution is 2.31. The van der Waals surface area contributed by atoms with Gasteiger partial charge in [0.1, 0.15) is 0 Å². The summed E-state index contributed by atoms with van der Waals surface area (Å²) in [6.45, 7) is 5.61. The summed E-state index contributed by atoms with van der Waals surface area (Å²) >= 11 is -0.432. The minimum absolute atomic E-state index is 0.0607. The third-order valence-electron chi connectivity index (χ3n) is 5.96. The van der Waals surface area contributed by atoms with Crippen LogP contribution in [0.25, 0.3) is 3.58 Å². The van der Waals surface area contributed by atoms with Gasteiger partial charge in [0.05, 0.1) is 0 Å². The van der Waals surface area contributed by atoms with E-state index in [1.54, 1.807) is 0 Å². The van der Waals surface area contributed by atoms with E-state index >= 15 is 0 Å². The van der Waals surface area contributed by atoms with E-state index in [2.05, 4.69) is 98.2 Å². The normalized spacial score (nSPS) is 15.6. The molecule has 3 aromatic rings. The molecular formula is C28H28IN5O. The van der Waals surface area contributed by atoms with Crippen molar-refractivity contribution in [2.24, 2.45) is 4.99 Å². The molecule has 0 aliphatic carbocycles. The molecular weight excluding hydrogens is 549 g/mol. The van der Waals surface area contributed by atoms with Crippen LogP contribution in [0.15, 0.2) is 89.9 Å². The lowest BCUT2D eigenvalue weighted by Crippen LogP contribution is -2.46. The van der Waals surface area contributed by atoms with Crippen molar-refractivity contribution in [3.63, 3.8) is 0 Å². The Morgan fingerprint density at radius 1 is 0.800 bits per heavy atom. The fraction of sp³-hybridized carbons (Fsp3) is 0.179. The van der Waals surface area contributed by atoms with Crippen LogP contribution in [-0.2, 0) is 4.79 Å². The summed E-state index contributed by atoms with van der Waals surface area (Å²) in [4.78, 5) is 20.7. The first-order valence-corrected chi connectivity index (χ1v) is 13.9. The van der Waals surface area contributed by atoms with Gasteiger partial charge in [-0.2, -0.15) is 0 Å². The number of allylic oxidation sites excluding steroid dienone is 1. The van der Waals surface area contributed by atoms with Gasteiger partial charge in [-0.25, -0.2) is 4.99 Å². The molecule has 1 amide bonds. The lowest BCUT2D eigenvalue weighted by Gasteiger charge is -2.37. The first-order chi connectivity index (χ1) is 17.1. The molecule has 3 aromatic carbocycles. The number of nitrogens with one attached hydrogen (secondary N) is 2. The molecule has 6 nitrogen and oxygen atoms in total. The predicted molar refractivity (Wildman–Crippen MR) is 157 cm³/mol. The number of benzene rings is 3. The first kappa shape index (κ1) is 23.3. The molecule has 0 unspecified atom stereocenters. The van der Waals surface area contributed by atoms with E-state index in [-0.39, 0.29) is 5.91 Å². The van der Waals surface area contributed by atoms with Gasteiger partial charge in [0.25, 0.3) is 0 Å². The molecule has 2 aliphatic rings. The molecule has 0 bridgehead atoms. The number of hydrogen-bond donors (Lipinski definition) is 2. The molecule has 178 valence electrons. The van der Waals surface area contributed by atoms with Crippen molar-refractivity contribution in [1.82, 2.24) is 0 Å². The molecule has 0 atom stereocenters. The minimum atomic E-state index is -0.432. The summed E-state index contributed by atoms with van der Waals surface area (Å²) < 4.78 is 2.32. The number of nitrogens with zero attached hydrogens (tertiary/aromatic N) is 3. The minimum Gasteiger partial charge on any atom is -0.368 e. The van der Waals surface area contributed by atoms with E-state index in [1.807, 2.05) is 18.3 Å². The molecule has 0 aromatic heterocycles. The van der Waals surface area contributed by atoms with Gasteiger partial charge in [0.15, 0.2) is 3.76 Å². The number of hydrogen-bond acceptors (Lipinski definition) is 5. The van der Waals surface area contributed by atoms with E-state index < -0.39 is 20.7 Å². The van der Waals surface area contributed by atoms with Crippen molar-refractivity contribution < 1.29 is 4.79 Å². The second kappa shape index (κ2) is 10.9. The Morgan fingerprint density at radius 2 is 1.40 bits per heavy atom. The number of carbonyl (C=O) groups excluding carboxylic acids is 1. The molecule has 2 N–H and O–H groups in total. The van der Waals surface area contributed by atoms with Gasteiger partial charge in [-0.05, 0) is 80.9 Å². The standard InChI is InChI=1S/C28H28IN5O/c1-21(35)31-23-9-7-22(8-10-23)27-15-16-30-28(29-27)32-24-11-13-26(14-12-24)34-19-17-33(18-20-34)25-5-3-2-4-6-25/h2-16H,17-20H2,1H3,(H,30,32)(H,31,35). The Labute approximate surface area is 216 Å². The smallest absolute Gasteiger partial charge is 0.221 e. The topological polar surface area (TPSA) is 60.0 Å². The largest absolute Gasteiger partial charge is 0.368 e. The number of aliphatic imine (C=N–C) groups is 1. The Kier molecular flexibility index (Phi) is 7.23. The molecule has 2 heterocycles. The monoisotopic (exact) mass is 577 g/mol. The molecule has 0 radical (unpaired) electrons. The Hall–Kier alpha value is -3.46. The van der Waals surface area contributed by atoms with Crippen LogP contribution in [-0.4, -0.2) is 42.1 Å². The molecule has 0 spiro atoms. The Balaban J connectivity index is 1.19. The summed E-state index contributed by atoms with van der Waals surface area (Å²) in [5, 5.41) is 6.33. The lowest BCUT2D eigenvalue weighted by atomic mass is 10.2. The summed E-state index contributed by atoms with van der Waals surface area (Å²) in [6.07, 6.45) is 3.95. The summed E-state index contributed by atoms with van der Waals surface area (Å²) in [7, 11) is 0. The predicted octanol–water partition coefficient (Wildman–Crippen LogP) is 5.57. The van der Waals surface area contributed by atoms with Gasteiger partial charge in [-0.1, -0.05) is 30.3 Å². The number of piperazine rings is 1. The van der Waals surface area contributed by atoms with Crippen LogP contribution in [0.1, 0.15) is 12.5 Å². The van der Waals surface area contributed by atoms with Gasteiger partial charge in [0.2, 0.25) is 5.91 Å². The van der Waals surface area contributed by atoms with E-state index in [1.165, 1.54) is 27.4 Å². The number of carbonyl (C=O) groups is 1. The number of anilines is 4. The average Bonchev–Trinajstić information content (AvgIpc) is 2.90. The van der Waals surface area contributed by atoms with E-state index in [0.717, 1.165) is 41.3 Å². The van der Waals surface area contributed by atoms with Crippen LogP contribution < -0.4 is 20.4 Å². The summed E-state index contributed by atoms with van der Waals surface area (Å²) in [6, 6.07) is 27.3. The van der Waals surface area contributed by atoms with Gasteiger partial charge >= 0.3 is 0 Å². The Morgan fingerprint density at radius 3 is 2.03 bits per heavy atom. The molecule has 0 saturated carbocycles. The Bertz CT molecular complexity index is 1260. The fourth-order valence-corrected chi connectivity index (χ4v) is 6.49. The third kappa shape index (κ3) is 5.97. The number of rotatable bonds is 6. The molecule has 35 heavy (non-hydrogen) atoms. The highest BCUT2D eigenvalue weighted by Gasteiger charge is 2.17. The quantitative estimate of drug-likeness (QED) is 0.377.